The van der Waals surface area contributed by atoms with Gasteiger partial charge in [0.15, 0.2) is 0 Å². The van der Waals surface area contributed by atoms with Crippen molar-refractivity contribution < 1.29 is 57.0 Å². The molecule has 0 atom stereocenters. The fourth-order valence-corrected chi connectivity index (χ4v) is 7.84. The molecule has 398 valence electrons. The van der Waals surface area contributed by atoms with Gasteiger partial charge in [-0.3, -0.25) is 0 Å². The largest absolute Gasteiger partial charge is 0.494 e. The normalized spacial score (nSPS) is 11.0. The maximum atomic E-state index is 11.7. The quantitative estimate of drug-likeness (QED) is 0.0231. The van der Waals surface area contributed by atoms with E-state index >= 15 is 0 Å². The highest BCUT2D eigenvalue weighted by molar-refractivity contribution is 6.16. The topological polar surface area (TPSA) is 134 Å². The third-order valence-electron chi connectivity index (χ3n) is 12.3. The van der Waals surface area contributed by atoms with Gasteiger partial charge in [-0.2, -0.15) is 0 Å². The van der Waals surface area contributed by atoms with Crippen molar-refractivity contribution in [2.24, 2.45) is 0 Å². The van der Waals surface area contributed by atoms with Crippen molar-refractivity contribution in [2.45, 2.75) is 141 Å². The minimum absolute atomic E-state index is 0.0631. The molecule has 0 aromatic heterocycles. The van der Waals surface area contributed by atoms with Crippen LogP contribution in [0, 0.1) is 0 Å². The van der Waals surface area contributed by atoms with E-state index in [9.17, 15) is 14.4 Å². The number of methoxy groups -OCH3 is 3. The van der Waals surface area contributed by atoms with Crippen LogP contribution in [0.2, 0.25) is 0 Å². The number of benzene rings is 3. The molecule has 0 bridgehead atoms. The Hall–Kier alpha value is -5.43. The van der Waals surface area contributed by atoms with E-state index in [1.165, 1.54) is 79.1 Å². The number of carbonyl (C=O) groups excluding carboxylic acids is 3. The van der Waals surface area contributed by atoms with Crippen LogP contribution in [0.5, 0.6) is 17.2 Å². The van der Waals surface area contributed by atoms with E-state index < -0.39 is 17.9 Å². The van der Waals surface area contributed by atoms with Crippen LogP contribution >= 0.6 is 0 Å². The smallest absolute Gasteiger partial charge is 0.337 e. The minimum atomic E-state index is -0.432. The van der Waals surface area contributed by atoms with Crippen LogP contribution in [-0.2, 0) is 42.8 Å². The number of esters is 3. The van der Waals surface area contributed by atoms with Crippen molar-refractivity contribution in [3.8, 4) is 17.2 Å². The van der Waals surface area contributed by atoms with Crippen molar-refractivity contribution in [1.29, 1.82) is 0 Å². The molecule has 3 rings (SSSR count). The first-order valence-electron chi connectivity index (χ1n) is 26.4. The Morgan fingerprint density at radius 3 is 0.847 bits per heavy atom. The Morgan fingerprint density at radius 1 is 0.347 bits per heavy atom. The van der Waals surface area contributed by atoms with E-state index in [2.05, 4.69) is 19.7 Å². The molecule has 0 aliphatic carbocycles. The Labute approximate surface area is 431 Å². The Balaban J connectivity index is 1.22. The summed E-state index contributed by atoms with van der Waals surface area (Å²) in [6.45, 7) is 16.7. The van der Waals surface area contributed by atoms with Crippen LogP contribution in [-0.4, -0.2) is 98.2 Å². The molecule has 0 aliphatic heterocycles. The summed E-state index contributed by atoms with van der Waals surface area (Å²) in [5.41, 5.74) is 3.19. The second kappa shape index (κ2) is 39.1. The third kappa shape index (κ3) is 26.9. The van der Waals surface area contributed by atoms with Crippen molar-refractivity contribution in [1.82, 2.24) is 0 Å². The first-order chi connectivity index (χ1) is 35.2. The summed E-state index contributed by atoms with van der Waals surface area (Å²) < 4.78 is 50.5. The van der Waals surface area contributed by atoms with E-state index in [0.29, 0.717) is 56.4 Å². The average Bonchev–Trinajstić information content (AvgIpc) is 3.41. The molecule has 12 nitrogen and oxygen atoms in total. The number of unbranched alkanes of at least 4 members (excludes halogenated alkanes) is 18. The van der Waals surface area contributed by atoms with Crippen molar-refractivity contribution >= 4 is 34.6 Å². The summed E-state index contributed by atoms with van der Waals surface area (Å²) in [4.78, 5) is 35.1. The number of hydrogen-bond acceptors (Lipinski definition) is 12. The molecule has 72 heavy (non-hydrogen) atoms. The fourth-order valence-electron chi connectivity index (χ4n) is 7.84. The van der Waals surface area contributed by atoms with Crippen LogP contribution in [0.3, 0.4) is 0 Å². The van der Waals surface area contributed by atoms with Gasteiger partial charge in [-0.25, -0.2) is 14.4 Å². The molecule has 0 saturated heterocycles. The summed E-state index contributed by atoms with van der Waals surface area (Å²) in [6, 6.07) is 22.2. The summed E-state index contributed by atoms with van der Waals surface area (Å²) in [7, 11) is 4.05. The van der Waals surface area contributed by atoms with Gasteiger partial charge >= 0.3 is 17.9 Å². The molecule has 0 fully saturated rings. The number of carbonyl (C=O) groups is 3. The van der Waals surface area contributed by atoms with Gasteiger partial charge in [0.2, 0.25) is 0 Å². The molecule has 0 amide bonds. The minimum Gasteiger partial charge on any atom is -0.494 e. The second-order valence-electron chi connectivity index (χ2n) is 18.1. The highest BCUT2D eigenvalue weighted by Crippen LogP contribution is 2.22. The van der Waals surface area contributed by atoms with Gasteiger partial charge in [-0.15, -0.1) is 0 Å². The van der Waals surface area contributed by atoms with Gasteiger partial charge in [0.05, 0.1) is 71.1 Å². The van der Waals surface area contributed by atoms with Gasteiger partial charge in [0.25, 0.3) is 0 Å². The highest BCUT2D eigenvalue weighted by atomic mass is 16.6. The lowest BCUT2D eigenvalue weighted by atomic mass is 10.1. The monoisotopic (exact) mass is 999 g/mol. The van der Waals surface area contributed by atoms with Crippen LogP contribution in [0.15, 0.2) is 92.5 Å². The van der Waals surface area contributed by atoms with E-state index in [0.717, 1.165) is 124 Å². The van der Waals surface area contributed by atoms with Crippen LogP contribution in [0.4, 0.5) is 0 Å². The SMILES string of the molecule is C=C(C(=O)OC)c1ccc(OCCCCCCCCCOCC(COCCCCCCCCCOc2ccc(C(=C)C(=O)OC)cc2)OCCCCCCCCCOc2ccc(C(=C)C(=O)OC)cc2)cc1. The third-order valence-corrected chi connectivity index (χ3v) is 12.3. The molecule has 0 radical (unpaired) electrons. The summed E-state index contributed by atoms with van der Waals surface area (Å²) in [5.74, 6) is 1.07. The number of ether oxygens (including phenoxy) is 9. The molecule has 12 heteroatoms. The lowest BCUT2D eigenvalue weighted by Crippen LogP contribution is -2.26. The van der Waals surface area contributed by atoms with E-state index in [1.807, 2.05) is 72.8 Å². The number of hydrogen-bond donors (Lipinski definition) is 0. The molecule has 0 N–H and O–H groups in total. The zero-order chi connectivity index (χ0) is 51.9. The highest BCUT2D eigenvalue weighted by Gasteiger charge is 2.13. The van der Waals surface area contributed by atoms with Gasteiger partial charge in [0, 0.05) is 19.8 Å². The predicted molar refractivity (Wildman–Crippen MR) is 287 cm³/mol. The van der Waals surface area contributed by atoms with Gasteiger partial charge in [-0.05, 0) is 91.6 Å². The second-order valence-corrected chi connectivity index (χ2v) is 18.1. The van der Waals surface area contributed by atoms with Gasteiger partial charge < -0.3 is 42.6 Å². The predicted octanol–water partition coefficient (Wildman–Crippen LogP) is 13.4. The average molecular weight is 999 g/mol. The Kier molecular flexibility index (Phi) is 33.1. The van der Waals surface area contributed by atoms with Crippen LogP contribution < -0.4 is 14.2 Å². The van der Waals surface area contributed by atoms with E-state index in [-0.39, 0.29) is 6.10 Å². The summed E-state index contributed by atoms with van der Waals surface area (Å²) in [5, 5.41) is 0. The molecule has 3 aromatic rings. The Morgan fingerprint density at radius 2 is 0.583 bits per heavy atom. The van der Waals surface area contributed by atoms with Crippen LogP contribution in [0.25, 0.3) is 16.7 Å². The van der Waals surface area contributed by atoms with Crippen molar-refractivity contribution in [2.75, 3.05) is 74.2 Å². The molecule has 0 heterocycles. The molecule has 3 aromatic carbocycles. The first-order valence-corrected chi connectivity index (χ1v) is 26.4. The lowest BCUT2D eigenvalue weighted by molar-refractivity contribution is -0.134. The van der Waals surface area contributed by atoms with Crippen molar-refractivity contribution in [3.05, 3.63) is 109 Å². The summed E-state index contributed by atoms with van der Waals surface area (Å²) >= 11 is 0. The van der Waals surface area contributed by atoms with Gasteiger partial charge in [0.1, 0.15) is 23.4 Å². The maximum Gasteiger partial charge on any atom is 0.337 e. The molecule has 0 spiro atoms. The van der Waals surface area contributed by atoms with E-state index in [4.69, 9.17) is 42.6 Å². The standard InChI is InChI=1S/C60H86O12/c1-48(58(61)64-4)51-28-34-54(35-29-51)69-42-24-18-12-7-10-16-22-40-67-46-57(72-45-27-21-15-9-14-20-26-44-71-56-38-32-53(33-39-56)50(3)60(63)66-6)47-68-41-23-17-11-8-13-19-25-43-70-55-36-30-52(31-37-55)49(2)59(62)65-5/h28-39,57H,1-3,7-27,40-47H2,4-6H3. The van der Waals surface area contributed by atoms with E-state index in [1.54, 1.807) is 0 Å². The summed E-state index contributed by atoms with van der Waals surface area (Å²) in [6.07, 6.45) is 23.6. The lowest BCUT2D eigenvalue weighted by Gasteiger charge is -2.18. The fraction of sp³-hybridized carbons (Fsp3) is 0.550. The molecule has 0 aliphatic rings. The zero-order valence-electron chi connectivity index (χ0n) is 44.0. The first kappa shape index (κ1) is 60.9. The number of rotatable bonds is 44. The zero-order valence-corrected chi connectivity index (χ0v) is 44.0. The van der Waals surface area contributed by atoms with Crippen molar-refractivity contribution in [3.63, 3.8) is 0 Å². The van der Waals surface area contributed by atoms with Gasteiger partial charge in [-0.1, -0.05) is 152 Å². The molecule has 0 unspecified atom stereocenters. The maximum absolute atomic E-state index is 11.7. The molecular weight excluding hydrogens is 913 g/mol. The van der Waals surface area contributed by atoms with Crippen LogP contribution in [0.1, 0.15) is 152 Å². The Bertz CT molecular complexity index is 1860. The molecular formula is C60H86O12. The molecule has 0 saturated carbocycles.